The molecule has 31 heavy (non-hydrogen) atoms. The zero-order valence-electron chi connectivity index (χ0n) is 17.8. The lowest BCUT2D eigenvalue weighted by Crippen LogP contribution is -2.51. The molecular weight excluding hydrogens is 410 g/mol. The van der Waals surface area contributed by atoms with Crippen LogP contribution in [0.15, 0.2) is 54.9 Å². The van der Waals surface area contributed by atoms with Gasteiger partial charge in [-0.2, -0.15) is 0 Å². The van der Waals surface area contributed by atoms with Crippen molar-refractivity contribution in [3.8, 4) is 11.3 Å². The molecule has 1 aliphatic rings. The van der Waals surface area contributed by atoms with Crippen LogP contribution < -0.4 is 5.32 Å². The molecule has 2 atom stereocenters. The van der Waals surface area contributed by atoms with Gasteiger partial charge in [0.05, 0.1) is 16.8 Å². The van der Waals surface area contributed by atoms with Crippen molar-refractivity contribution >= 4 is 23.3 Å². The smallest absolute Gasteiger partial charge is 0.273 e. The number of carbonyl (C=O) groups is 1. The number of hydrogen-bond acceptors (Lipinski definition) is 5. The number of halogens is 1. The SMILES string of the molecule is Cc1ccc(-c2ccccn2)c(C(=O)N2CCC[C@@H](C)C2CNc2ccc(Cl)cn2)n1. The number of aryl methyl sites for hydroxylation is 1. The monoisotopic (exact) mass is 435 g/mol. The number of likely N-dealkylation sites (tertiary alicyclic amines) is 1. The highest BCUT2D eigenvalue weighted by Gasteiger charge is 2.34. The van der Waals surface area contributed by atoms with Gasteiger partial charge < -0.3 is 10.2 Å². The number of anilines is 1. The maximum atomic E-state index is 13.7. The van der Waals surface area contributed by atoms with E-state index < -0.39 is 0 Å². The third-order valence-corrected chi connectivity index (χ3v) is 6.00. The van der Waals surface area contributed by atoms with Crippen LogP contribution in [-0.2, 0) is 0 Å². The summed E-state index contributed by atoms with van der Waals surface area (Å²) in [6.45, 7) is 5.43. The van der Waals surface area contributed by atoms with Gasteiger partial charge in [0, 0.05) is 36.7 Å². The quantitative estimate of drug-likeness (QED) is 0.620. The molecule has 0 saturated carbocycles. The molecule has 3 aromatic rings. The second kappa shape index (κ2) is 9.43. The van der Waals surface area contributed by atoms with Crippen molar-refractivity contribution in [2.24, 2.45) is 5.92 Å². The van der Waals surface area contributed by atoms with Gasteiger partial charge in [-0.15, -0.1) is 0 Å². The van der Waals surface area contributed by atoms with Gasteiger partial charge in [-0.3, -0.25) is 9.78 Å². The van der Waals surface area contributed by atoms with Crippen molar-refractivity contribution < 1.29 is 4.79 Å². The highest BCUT2D eigenvalue weighted by atomic mass is 35.5. The van der Waals surface area contributed by atoms with Crippen LogP contribution in [0.4, 0.5) is 5.82 Å². The number of rotatable bonds is 5. The highest BCUT2D eigenvalue weighted by molar-refractivity contribution is 6.30. The average molecular weight is 436 g/mol. The summed E-state index contributed by atoms with van der Waals surface area (Å²) in [5, 5.41) is 3.97. The molecule has 1 saturated heterocycles. The molecule has 1 amide bonds. The van der Waals surface area contributed by atoms with Crippen LogP contribution >= 0.6 is 11.6 Å². The summed E-state index contributed by atoms with van der Waals surface area (Å²) in [5.74, 6) is 1.06. The Morgan fingerprint density at radius 3 is 2.81 bits per heavy atom. The Hall–Kier alpha value is -2.99. The number of amides is 1. The van der Waals surface area contributed by atoms with Crippen LogP contribution in [0, 0.1) is 12.8 Å². The van der Waals surface area contributed by atoms with E-state index in [0.717, 1.165) is 35.6 Å². The van der Waals surface area contributed by atoms with E-state index in [1.54, 1.807) is 18.5 Å². The zero-order chi connectivity index (χ0) is 21.8. The molecule has 1 unspecified atom stereocenters. The van der Waals surface area contributed by atoms with E-state index >= 15 is 0 Å². The minimum Gasteiger partial charge on any atom is -0.368 e. The molecule has 4 rings (SSSR count). The Morgan fingerprint density at radius 1 is 1.19 bits per heavy atom. The summed E-state index contributed by atoms with van der Waals surface area (Å²) in [4.78, 5) is 29.1. The lowest BCUT2D eigenvalue weighted by atomic mass is 9.90. The van der Waals surface area contributed by atoms with E-state index in [1.165, 1.54) is 0 Å². The van der Waals surface area contributed by atoms with E-state index in [2.05, 4.69) is 27.2 Å². The first-order chi connectivity index (χ1) is 15.0. The first-order valence-electron chi connectivity index (χ1n) is 10.6. The van der Waals surface area contributed by atoms with Crippen molar-refractivity contribution in [1.82, 2.24) is 19.9 Å². The molecule has 7 heteroatoms. The van der Waals surface area contributed by atoms with Crippen molar-refractivity contribution in [2.45, 2.75) is 32.7 Å². The number of piperidine rings is 1. The van der Waals surface area contributed by atoms with Gasteiger partial charge in [-0.1, -0.05) is 24.6 Å². The predicted octanol–water partition coefficient (Wildman–Crippen LogP) is 4.85. The standard InChI is InChI=1S/C24H26ClN5O/c1-16-6-5-13-30(21(16)15-28-22-11-9-18(25)14-27-22)24(31)23-19(10-8-17(2)29-23)20-7-3-4-12-26-20/h3-4,7-12,14,16,21H,5-6,13,15H2,1-2H3,(H,27,28)/t16-,21?/m1/s1. The fourth-order valence-corrected chi connectivity index (χ4v) is 4.20. The Balaban J connectivity index is 1.61. The zero-order valence-corrected chi connectivity index (χ0v) is 18.5. The topological polar surface area (TPSA) is 71.0 Å². The molecule has 0 radical (unpaired) electrons. The summed E-state index contributed by atoms with van der Waals surface area (Å²) in [6, 6.07) is 13.3. The highest BCUT2D eigenvalue weighted by Crippen LogP contribution is 2.28. The fraction of sp³-hybridized carbons (Fsp3) is 0.333. The molecule has 3 aromatic heterocycles. The Labute approximate surface area is 187 Å². The number of hydrogen-bond donors (Lipinski definition) is 1. The van der Waals surface area contributed by atoms with Gasteiger partial charge in [0.1, 0.15) is 11.5 Å². The van der Waals surface area contributed by atoms with Crippen molar-refractivity contribution in [3.05, 3.63) is 71.3 Å². The normalized spacial score (nSPS) is 18.6. The van der Waals surface area contributed by atoms with Gasteiger partial charge in [0.15, 0.2) is 0 Å². The van der Waals surface area contributed by atoms with E-state index in [0.29, 0.717) is 29.7 Å². The molecule has 0 aromatic carbocycles. The number of pyridine rings is 3. The summed E-state index contributed by atoms with van der Waals surface area (Å²) in [5.41, 5.74) is 2.79. The van der Waals surface area contributed by atoms with Gasteiger partial charge in [0.2, 0.25) is 0 Å². The van der Waals surface area contributed by atoms with Crippen LogP contribution in [0.2, 0.25) is 5.02 Å². The number of aromatic nitrogens is 3. The first kappa shape index (κ1) is 21.2. The molecule has 0 aliphatic carbocycles. The number of carbonyl (C=O) groups excluding carboxylic acids is 1. The molecule has 0 bridgehead atoms. The van der Waals surface area contributed by atoms with Gasteiger partial charge in [-0.25, -0.2) is 9.97 Å². The second-order valence-corrected chi connectivity index (χ2v) is 8.43. The van der Waals surface area contributed by atoms with Crippen LogP contribution in [0.1, 0.15) is 35.9 Å². The van der Waals surface area contributed by atoms with Gasteiger partial charge >= 0.3 is 0 Å². The minimum atomic E-state index is -0.0493. The first-order valence-corrected chi connectivity index (χ1v) is 11.0. The summed E-state index contributed by atoms with van der Waals surface area (Å²) in [6.07, 6.45) is 5.41. The Kier molecular flexibility index (Phi) is 6.47. The van der Waals surface area contributed by atoms with Crippen LogP contribution in [0.5, 0.6) is 0 Å². The van der Waals surface area contributed by atoms with Crippen LogP contribution in [-0.4, -0.2) is 44.9 Å². The Morgan fingerprint density at radius 2 is 2.06 bits per heavy atom. The summed E-state index contributed by atoms with van der Waals surface area (Å²) < 4.78 is 0. The lowest BCUT2D eigenvalue weighted by molar-refractivity contribution is 0.0534. The molecule has 160 valence electrons. The van der Waals surface area contributed by atoms with Crippen molar-refractivity contribution in [2.75, 3.05) is 18.4 Å². The van der Waals surface area contributed by atoms with Crippen molar-refractivity contribution in [3.63, 3.8) is 0 Å². The number of nitrogens with one attached hydrogen (secondary N) is 1. The third-order valence-electron chi connectivity index (χ3n) is 5.77. The maximum absolute atomic E-state index is 13.7. The van der Waals surface area contributed by atoms with E-state index in [1.807, 2.05) is 48.2 Å². The molecule has 1 aliphatic heterocycles. The summed E-state index contributed by atoms with van der Waals surface area (Å²) in [7, 11) is 0. The van der Waals surface area contributed by atoms with Gasteiger partial charge in [-0.05, 0) is 62.1 Å². The molecule has 6 nitrogen and oxygen atoms in total. The Bertz CT molecular complexity index is 1040. The number of nitrogens with zero attached hydrogens (tertiary/aromatic N) is 4. The molecule has 1 fully saturated rings. The van der Waals surface area contributed by atoms with E-state index in [-0.39, 0.29) is 11.9 Å². The van der Waals surface area contributed by atoms with E-state index in [9.17, 15) is 4.79 Å². The van der Waals surface area contributed by atoms with Crippen LogP contribution in [0.25, 0.3) is 11.3 Å². The molecular formula is C24H26ClN5O. The average Bonchev–Trinajstić information content (AvgIpc) is 2.79. The fourth-order valence-electron chi connectivity index (χ4n) is 4.09. The third kappa shape index (κ3) is 4.85. The van der Waals surface area contributed by atoms with Gasteiger partial charge in [0.25, 0.3) is 5.91 Å². The maximum Gasteiger partial charge on any atom is 0.273 e. The van der Waals surface area contributed by atoms with Crippen molar-refractivity contribution in [1.29, 1.82) is 0 Å². The van der Waals surface area contributed by atoms with Crippen LogP contribution in [0.3, 0.4) is 0 Å². The minimum absolute atomic E-state index is 0.0395. The summed E-state index contributed by atoms with van der Waals surface area (Å²) >= 11 is 5.94. The largest absolute Gasteiger partial charge is 0.368 e. The molecule has 0 spiro atoms. The van der Waals surface area contributed by atoms with E-state index in [4.69, 9.17) is 11.6 Å². The second-order valence-electron chi connectivity index (χ2n) is 7.99. The lowest BCUT2D eigenvalue weighted by Gasteiger charge is -2.40. The molecule has 4 heterocycles. The predicted molar refractivity (Wildman–Crippen MR) is 123 cm³/mol. The molecule has 1 N–H and O–H groups in total.